The molecule has 0 aliphatic heterocycles. The Bertz CT molecular complexity index is 392. The van der Waals surface area contributed by atoms with E-state index in [9.17, 15) is 4.79 Å². The van der Waals surface area contributed by atoms with Crippen molar-refractivity contribution >= 4 is 11.7 Å². The fraction of sp³-hybridized carbons (Fsp3) is 0.500. The SMILES string of the molecule is CCOCC(C)NC(C)c1ccc(NC(N)=O)cc1. The standard InChI is InChI=1S/C14H23N3O2/c1-4-19-9-10(2)16-11(3)12-5-7-13(8-6-12)17-14(15)18/h5-8,10-11,16H,4,9H2,1-3H3,(H3,15,17,18). The molecule has 0 heterocycles. The highest BCUT2D eigenvalue weighted by Gasteiger charge is 2.09. The predicted molar refractivity (Wildman–Crippen MR) is 77.2 cm³/mol. The molecule has 0 bridgehead atoms. The molecule has 0 aromatic heterocycles. The molecular weight excluding hydrogens is 242 g/mol. The topological polar surface area (TPSA) is 76.4 Å². The fourth-order valence-corrected chi connectivity index (χ4v) is 1.86. The van der Waals surface area contributed by atoms with Gasteiger partial charge in [-0.25, -0.2) is 4.79 Å². The van der Waals surface area contributed by atoms with Crippen LogP contribution in [0.2, 0.25) is 0 Å². The minimum Gasteiger partial charge on any atom is -0.380 e. The molecule has 0 fully saturated rings. The number of amides is 2. The maximum absolute atomic E-state index is 10.7. The number of anilines is 1. The average molecular weight is 265 g/mol. The van der Waals surface area contributed by atoms with E-state index in [1.54, 1.807) is 0 Å². The number of hydrogen-bond acceptors (Lipinski definition) is 3. The number of urea groups is 1. The van der Waals surface area contributed by atoms with Crippen LogP contribution in [-0.4, -0.2) is 25.3 Å². The number of primary amides is 1. The quantitative estimate of drug-likeness (QED) is 0.707. The molecule has 5 heteroatoms. The molecule has 1 rings (SSSR count). The zero-order valence-electron chi connectivity index (χ0n) is 11.8. The second-order valence-electron chi connectivity index (χ2n) is 4.56. The van der Waals surface area contributed by atoms with Gasteiger partial charge in [0.2, 0.25) is 0 Å². The Balaban J connectivity index is 2.52. The van der Waals surface area contributed by atoms with Crippen LogP contribution in [0.4, 0.5) is 10.5 Å². The second-order valence-corrected chi connectivity index (χ2v) is 4.56. The van der Waals surface area contributed by atoms with Crippen molar-refractivity contribution in [1.82, 2.24) is 5.32 Å². The third kappa shape index (κ3) is 5.72. The number of hydrogen-bond donors (Lipinski definition) is 3. The van der Waals surface area contributed by atoms with Gasteiger partial charge in [0.25, 0.3) is 0 Å². The summed E-state index contributed by atoms with van der Waals surface area (Å²) in [7, 11) is 0. The molecule has 2 amide bonds. The lowest BCUT2D eigenvalue weighted by Crippen LogP contribution is -2.32. The first kappa shape index (κ1) is 15.5. The van der Waals surface area contributed by atoms with Crippen LogP contribution >= 0.6 is 0 Å². The molecule has 2 unspecified atom stereocenters. The van der Waals surface area contributed by atoms with Crippen LogP contribution in [0.25, 0.3) is 0 Å². The molecule has 5 nitrogen and oxygen atoms in total. The number of carbonyl (C=O) groups excluding carboxylic acids is 1. The molecule has 0 aliphatic carbocycles. The minimum absolute atomic E-state index is 0.220. The van der Waals surface area contributed by atoms with Gasteiger partial charge in [0.15, 0.2) is 0 Å². The molecule has 19 heavy (non-hydrogen) atoms. The van der Waals surface area contributed by atoms with E-state index in [4.69, 9.17) is 10.5 Å². The third-order valence-corrected chi connectivity index (χ3v) is 2.78. The highest BCUT2D eigenvalue weighted by Crippen LogP contribution is 2.16. The number of nitrogens with one attached hydrogen (secondary N) is 2. The van der Waals surface area contributed by atoms with Crippen molar-refractivity contribution in [2.75, 3.05) is 18.5 Å². The summed E-state index contributed by atoms with van der Waals surface area (Å²) in [6, 6.07) is 7.57. The third-order valence-electron chi connectivity index (χ3n) is 2.78. The number of nitrogens with two attached hydrogens (primary N) is 1. The molecule has 0 radical (unpaired) electrons. The monoisotopic (exact) mass is 265 g/mol. The van der Waals surface area contributed by atoms with E-state index in [0.29, 0.717) is 18.3 Å². The van der Waals surface area contributed by atoms with Crippen LogP contribution in [0, 0.1) is 0 Å². The second kappa shape index (κ2) is 7.76. The van der Waals surface area contributed by atoms with Crippen LogP contribution in [0.15, 0.2) is 24.3 Å². The molecule has 0 aliphatic rings. The van der Waals surface area contributed by atoms with E-state index in [1.807, 2.05) is 31.2 Å². The van der Waals surface area contributed by atoms with Gasteiger partial charge in [-0.1, -0.05) is 12.1 Å². The zero-order valence-corrected chi connectivity index (χ0v) is 11.8. The van der Waals surface area contributed by atoms with Crippen LogP contribution in [0.1, 0.15) is 32.4 Å². The summed E-state index contributed by atoms with van der Waals surface area (Å²) in [5, 5.41) is 5.99. The van der Waals surface area contributed by atoms with Gasteiger partial charge >= 0.3 is 6.03 Å². The summed E-state index contributed by atoms with van der Waals surface area (Å²) in [6.45, 7) is 7.60. The van der Waals surface area contributed by atoms with E-state index in [-0.39, 0.29) is 6.04 Å². The molecule has 0 spiro atoms. The summed E-state index contributed by atoms with van der Waals surface area (Å²) in [6.07, 6.45) is 0. The van der Waals surface area contributed by atoms with E-state index in [2.05, 4.69) is 24.5 Å². The van der Waals surface area contributed by atoms with Gasteiger partial charge in [-0.2, -0.15) is 0 Å². The number of ether oxygens (including phenoxy) is 1. The van der Waals surface area contributed by atoms with Gasteiger partial charge in [-0.05, 0) is 38.5 Å². The lowest BCUT2D eigenvalue weighted by molar-refractivity contribution is 0.124. The Labute approximate surface area is 114 Å². The Kier molecular flexibility index (Phi) is 6.32. The highest BCUT2D eigenvalue weighted by atomic mass is 16.5. The van der Waals surface area contributed by atoms with Crippen LogP contribution in [-0.2, 0) is 4.74 Å². The van der Waals surface area contributed by atoms with Gasteiger partial charge in [-0.3, -0.25) is 0 Å². The lowest BCUT2D eigenvalue weighted by Gasteiger charge is -2.20. The summed E-state index contributed by atoms with van der Waals surface area (Å²) in [5.41, 5.74) is 6.91. The van der Waals surface area contributed by atoms with Crippen LogP contribution in [0.3, 0.4) is 0 Å². The van der Waals surface area contributed by atoms with Crippen molar-refractivity contribution in [3.8, 4) is 0 Å². The van der Waals surface area contributed by atoms with Gasteiger partial charge < -0.3 is 21.1 Å². The average Bonchev–Trinajstić information content (AvgIpc) is 2.36. The molecule has 0 saturated heterocycles. The lowest BCUT2D eigenvalue weighted by atomic mass is 10.1. The Morgan fingerprint density at radius 2 is 1.95 bits per heavy atom. The van der Waals surface area contributed by atoms with E-state index in [1.165, 1.54) is 0 Å². The first-order valence-corrected chi connectivity index (χ1v) is 6.53. The zero-order chi connectivity index (χ0) is 14.3. The van der Waals surface area contributed by atoms with Crippen molar-refractivity contribution in [2.24, 2.45) is 5.73 Å². The number of carbonyl (C=O) groups is 1. The highest BCUT2D eigenvalue weighted by molar-refractivity contribution is 5.87. The van der Waals surface area contributed by atoms with Crippen molar-refractivity contribution in [3.05, 3.63) is 29.8 Å². The molecule has 0 saturated carbocycles. The molecule has 1 aromatic rings. The van der Waals surface area contributed by atoms with Gasteiger partial charge in [0.1, 0.15) is 0 Å². The van der Waals surface area contributed by atoms with E-state index in [0.717, 1.165) is 12.2 Å². The maximum atomic E-state index is 10.7. The Morgan fingerprint density at radius 1 is 1.32 bits per heavy atom. The van der Waals surface area contributed by atoms with E-state index >= 15 is 0 Å². The van der Waals surface area contributed by atoms with E-state index < -0.39 is 6.03 Å². The summed E-state index contributed by atoms with van der Waals surface area (Å²) in [4.78, 5) is 10.7. The summed E-state index contributed by atoms with van der Waals surface area (Å²) in [5.74, 6) is 0. The van der Waals surface area contributed by atoms with Crippen LogP contribution < -0.4 is 16.4 Å². The minimum atomic E-state index is -0.552. The van der Waals surface area contributed by atoms with Crippen molar-refractivity contribution in [2.45, 2.75) is 32.9 Å². The first-order chi connectivity index (χ1) is 9.02. The predicted octanol–water partition coefficient (Wildman–Crippen LogP) is 2.25. The maximum Gasteiger partial charge on any atom is 0.316 e. The molecule has 2 atom stereocenters. The number of benzene rings is 1. The molecule has 1 aromatic carbocycles. The Morgan fingerprint density at radius 3 is 2.47 bits per heavy atom. The normalized spacial score (nSPS) is 13.8. The molecule has 4 N–H and O–H groups in total. The van der Waals surface area contributed by atoms with Crippen LogP contribution in [0.5, 0.6) is 0 Å². The Hall–Kier alpha value is -1.59. The summed E-state index contributed by atoms with van der Waals surface area (Å²) < 4.78 is 5.37. The summed E-state index contributed by atoms with van der Waals surface area (Å²) >= 11 is 0. The first-order valence-electron chi connectivity index (χ1n) is 6.53. The van der Waals surface area contributed by atoms with Crippen molar-refractivity contribution in [3.63, 3.8) is 0 Å². The smallest absolute Gasteiger partial charge is 0.316 e. The molecule has 106 valence electrons. The van der Waals surface area contributed by atoms with Gasteiger partial charge in [0.05, 0.1) is 6.61 Å². The number of rotatable bonds is 7. The van der Waals surface area contributed by atoms with Gasteiger partial charge in [0, 0.05) is 24.4 Å². The largest absolute Gasteiger partial charge is 0.380 e. The van der Waals surface area contributed by atoms with Gasteiger partial charge in [-0.15, -0.1) is 0 Å². The van der Waals surface area contributed by atoms with Crippen molar-refractivity contribution in [1.29, 1.82) is 0 Å². The van der Waals surface area contributed by atoms with Crippen molar-refractivity contribution < 1.29 is 9.53 Å². The fourth-order valence-electron chi connectivity index (χ4n) is 1.86. The molecular formula is C14H23N3O2.